The molecule has 0 unspecified atom stereocenters. The zero-order valence-corrected chi connectivity index (χ0v) is 22.5. The van der Waals surface area contributed by atoms with Crippen LogP contribution in [0.25, 0.3) is 43.4 Å². The summed E-state index contributed by atoms with van der Waals surface area (Å²) >= 11 is 0. The molecule has 2 aliphatic rings. The van der Waals surface area contributed by atoms with Crippen molar-refractivity contribution in [2.45, 2.75) is 6.92 Å². The summed E-state index contributed by atoms with van der Waals surface area (Å²) in [6, 6.07) is 46.5. The molecule has 7 aromatic carbocycles. The average molecular weight is 518 g/mol. The van der Waals surface area contributed by atoms with Crippen LogP contribution in [0.15, 0.2) is 121 Å². The van der Waals surface area contributed by atoms with Crippen molar-refractivity contribution >= 4 is 72.5 Å². The topological polar surface area (TPSA) is 27.0 Å². The molecule has 0 atom stereocenters. The Morgan fingerprint density at radius 1 is 0.610 bits per heavy atom. The van der Waals surface area contributed by atoms with E-state index in [1.165, 1.54) is 65.5 Å². The molecular formula is C38H23BN2. The van der Waals surface area contributed by atoms with Crippen LogP contribution < -0.4 is 21.3 Å². The largest absolute Gasteiger partial charge is 0.311 e. The monoisotopic (exact) mass is 518 g/mol. The first kappa shape index (κ1) is 22.5. The van der Waals surface area contributed by atoms with Crippen molar-refractivity contribution in [3.63, 3.8) is 0 Å². The van der Waals surface area contributed by atoms with Gasteiger partial charge >= 0.3 is 0 Å². The molecule has 0 aromatic heterocycles. The number of anilines is 3. The van der Waals surface area contributed by atoms with Crippen molar-refractivity contribution in [3.8, 4) is 17.2 Å². The van der Waals surface area contributed by atoms with E-state index >= 15 is 0 Å². The molecular weight excluding hydrogens is 495 g/mol. The molecule has 0 bridgehead atoms. The minimum Gasteiger partial charge on any atom is -0.311 e. The van der Waals surface area contributed by atoms with Gasteiger partial charge in [0.2, 0.25) is 6.71 Å². The summed E-state index contributed by atoms with van der Waals surface area (Å²) in [6.07, 6.45) is 0. The number of aryl methyl sites for hydroxylation is 1. The van der Waals surface area contributed by atoms with Crippen molar-refractivity contribution in [1.82, 2.24) is 0 Å². The van der Waals surface area contributed by atoms with Crippen molar-refractivity contribution in [3.05, 3.63) is 132 Å². The molecule has 41 heavy (non-hydrogen) atoms. The van der Waals surface area contributed by atoms with E-state index in [4.69, 9.17) is 0 Å². The molecule has 0 spiro atoms. The minimum atomic E-state index is 0.0713. The molecule has 3 heteroatoms. The van der Waals surface area contributed by atoms with E-state index < -0.39 is 0 Å². The molecule has 2 heterocycles. The number of nitrogens with zero attached hydrogens (tertiary/aromatic N) is 2. The number of nitriles is 1. The highest BCUT2D eigenvalue weighted by Crippen LogP contribution is 2.43. The molecule has 0 aliphatic carbocycles. The molecule has 9 rings (SSSR count). The Labute approximate surface area is 238 Å². The quantitative estimate of drug-likeness (QED) is 0.209. The van der Waals surface area contributed by atoms with Gasteiger partial charge < -0.3 is 4.90 Å². The molecule has 0 saturated carbocycles. The molecule has 0 amide bonds. The highest BCUT2D eigenvalue weighted by atomic mass is 15.2. The normalized spacial score (nSPS) is 12.9. The predicted molar refractivity (Wildman–Crippen MR) is 173 cm³/mol. The van der Waals surface area contributed by atoms with Gasteiger partial charge in [0.25, 0.3) is 0 Å². The van der Waals surface area contributed by atoms with Crippen LogP contribution >= 0.6 is 0 Å². The summed E-state index contributed by atoms with van der Waals surface area (Å²) in [7, 11) is 0. The van der Waals surface area contributed by atoms with Gasteiger partial charge in [-0.25, -0.2) is 0 Å². The zero-order chi connectivity index (χ0) is 27.2. The van der Waals surface area contributed by atoms with Gasteiger partial charge in [0.15, 0.2) is 0 Å². The number of hydrogen-bond acceptors (Lipinski definition) is 2. The molecule has 7 aromatic rings. The van der Waals surface area contributed by atoms with Gasteiger partial charge in [-0.05, 0) is 97.2 Å². The Bertz CT molecular complexity index is 2310. The SMILES string of the molecule is Cc1ccc2c3c(cccc13)B1c3cc4ccccc4cc3N(c3ccc4ccccc4c3)c3cc(C#N)cc-2c31. The molecule has 2 nitrogen and oxygen atoms in total. The van der Waals surface area contributed by atoms with Crippen LogP contribution in [0.3, 0.4) is 0 Å². The van der Waals surface area contributed by atoms with E-state index in [1.807, 2.05) is 0 Å². The van der Waals surface area contributed by atoms with Crippen LogP contribution in [0.5, 0.6) is 0 Å². The predicted octanol–water partition coefficient (Wildman–Crippen LogP) is 7.61. The smallest absolute Gasteiger partial charge is 0.248 e. The van der Waals surface area contributed by atoms with E-state index in [1.54, 1.807) is 0 Å². The third kappa shape index (κ3) is 3.02. The first-order valence-electron chi connectivity index (χ1n) is 14.1. The fourth-order valence-electron chi connectivity index (χ4n) is 7.33. The van der Waals surface area contributed by atoms with E-state index in [9.17, 15) is 5.26 Å². The fourth-order valence-corrected chi connectivity index (χ4v) is 7.33. The maximum Gasteiger partial charge on any atom is 0.248 e. The van der Waals surface area contributed by atoms with Crippen molar-refractivity contribution < 1.29 is 0 Å². The van der Waals surface area contributed by atoms with Gasteiger partial charge in [0.05, 0.1) is 11.6 Å². The Kier molecular flexibility index (Phi) is 4.44. The lowest BCUT2D eigenvalue weighted by Crippen LogP contribution is -2.59. The van der Waals surface area contributed by atoms with Crippen molar-refractivity contribution in [2.75, 3.05) is 4.90 Å². The Morgan fingerprint density at radius 3 is 2.17 bits per heavy atom. The Balaban J connectivity index is 1.47. The zero-order valence-electron chi connectivity index (χ0n) is 22.5. The summed E-state index contributed by atoms with van der Waals surface area (Å²) in [5, 5.41) is 17.7. The lowest BCUT2D eigenvalue weighted by atomic mass is 9.32. The van der Waals surface area contributed by atoms with E-state index in [0.29, 0.717) is 5.56 Å². The van der Waals surface area contributed by atoms with Crippen LogP contribution in [0.1, 0.15) is 11.1 Å². The number of benzene rings is 7. The maximum absolute atomic E-state index is 10.2. The van der Waals surface area contributed by atoms with Gasteiger partial charge in [0.1, 0.15) is 0 Å². The highest BCUT2D eigenvalue weighted by molar-refractivity contribution is 7.01. The Hall–Kier alpha value is -5.33. The standard InChI is InChI=1S/C38H23BN2/c1-23-13-16-31-32-17-24(22-40)18-36-38(32)39(33-12-6-11-30(23)37(31)33)34-20-27-9-4-5-10-28(27)21-35(34)41(36)29-15-14-25-7-2-3-8-26(25)19-29/h2-21H,1H3. The summed E-state index contributed by atoms with van der Waals surface area (Å²) in [5.41, 5.74) is 11.6. The average Bonchev–Trinajstić information content (AvgIpc) is 3.02. The number of hydrogen-bond donors (Lipinski definition) is 0. The Morgan fingerprint density at radius 2 is 1.37 bits per heavy atom. The molecule has 0 radical (unpaired) electrons. The third-order valence-electron chi connectivity index (χ3n) is 9.15. The van der Waals surface area contributed by atoms with Crippen LogP contribution in [0.4, 0.5) is 17.1 Å². The lowest BCUT2D eigenvalue weighted by Gasteiger charge is -2.41. The van der Waals surface area contributed by atoms with E-state index in [0.717, 1.165) is 16.9 Å². The van der Waals surface area contributed by atoms with Crippen molar-refractivity contribution in [1.29, 1.82) is 5.26 Å². The molecule has 0 saturated heterocycles. The number of fused-ring (bicyclic) bond motifs is 6. The van der Waals surface area contributed by atoms with E-state index in [2.05, 4.69) is 139 Å². The second-order valence-electron chi connectivity index (χ2n) is 11.3. The summed E-state index contributed by atoms with van der Waals surface area (Å²) < 4.78 is 0. The van der Waals surface area contributed by atoms with Gasteiger partial charge in [-0.1, -0.05) is 96.5 Å². The molecule has 0 N–H and O–H groups in total. The summed E-state index contributed by atoms with van der Waals surface area (Å²) in [4.78, 5) is 2.39. The number of rotatable bonds is 1. The second-order valence-corrected chi connectivity index (χ2v) is 11.3. The van der Waals surface area contributed by atoms with Crippen molar-refractivity contribution in [2.24, 2.45) is 0 Å². The van der Waals surface area contributed by atoms with Crippen LogP contribution in [0.2, 0.25) is 0 Å². The second kappa shape index (κ2) is 8.10. The van der Waals surface area contributed by atoms with E-state index in [-0.39, 0.29) is 6.71 Å². The van der Waals surface area contributed by atoms with Crippen LogP contribution in [0, 0.1) is 18.3 Å². The fraction of sp³-hybridized carbons (Fsp3) is 0.0263. The lowest BCUT2D eigenvalue weighted by molar-refractivity contribution is 1.30. The molecule has 0 fully saturated rings. The van der Waals surface area contributed by atoms with Gasteiger partial charge in [-0.3, -0.25) is 0 Å². The first-order valence-corrected chi connectivity index (χ1v) is 14.1. The van der Waals surface area contributed by atoms with Crippen LogP contribution in [-0.4, -0.2) is 6.71 Å². The maximum atomic E-state index is 10.2. The van der Waals surface area contributed by atoms with Gasteiger partial charge in [0, 0.05) is 17.1 Å². The third-order valence-corrected chi connectivity index (χ3v) is 9.15. The highest BCUT2D eigenvalue weighted by Gasteiger charge is 2.41. The summed E-state index contributed by atoms with van der Waals surface area (Å²) in [5.74, 6) is 0. The van der Waals surface area contributed by atoms with Gasteiger partial charge in [-0.2, -0.15) is 5.26 Å². The molecule has 188 valence electrons. The first-order chi connectivity index (χ1) is 20.2. The van der Waals surface area contributed by atoms with Gasteiger partial charge in [-0.15, -0.1) is 0 Å². The minimum absolute atomic E-state index is 0.0713. The summed E-state index contributed by atoms with van der Waals surface area (Å²) in [6.45, 7) is 2.27. The molecule has 2 aliphatic heterocycles. The van der Waals surface area contributed by atoms with Crippen LogP contribution in [-0.2, 0) is 0 Å².